The van der Waals surface area contributed by atoms with Gasteiger partial charge in [-0.3, -0.25) is 0 Å². The summed E-state index contributed by atoms with van der Waals surface area (Å²) in [6.45, 7) is 11.0. The molecule has 0 saturated carbocycles. The summed E-state index contributed by atoms with van der Waals surface area (Å²) in [5.41, 5.74) is 0.0220. The van der Waals surface area contributed by atoms with Crippen LogP contribution < -0.4 is 0 Å². The Balaban J connectivity index is 4.03. The van der Waals surface area contributed by atoms with Crippen molar-refractivity contribution in [2.45, 2.75) is 40.2 Å². The molecule has 0 aliphatic heterocycles. The van der Waals surface area contributed by atoms with Crippen molar-refractivity contribution in [2.75, 3.05) is 7.11 Å². The number of ether oxygens (including phenoxy) is 1. The first-order chi connectivity index (χ1) is 4.41. The highest BCUT2D eigenvalue weighted by molar-refractivity contribution is 4.77. The molecule has 0 bridgehead atoms. The van der Waals surface area contributed by atoms with Gasteiger partial charge < -0.3 is 4.74 Å². The third kappa shape index (κ3) is 2.30. The first-order valence-electron chi connectivity index (χ1n) is 3.97. The molecule has 0 aromatic heterocycles. The van der Waals surface area contributed by atoms with Gasteiger partial charge >= 0.3 is 0 Å². The average Bonchev–Trinajstić information content (AvgIpc) is 1.86. The Hall–Kier alpha value is -0.0400. The van der Waals surface area contributed by atoms with E-state index in [9.17, 15) is 0 Å². The summed E-state index contributed by atoms with van der Waals surface area (Å²) in [6, 6.07) is 0. The Morgan fingerprint density at radius 2 is 1.50 bits per heavy atom. The van der Waals surface area contributed by atoms with Gasteiger partial charge in [-0.2, -0.15) is 0 Å². The number of rotatable bonds is 3. The summed E-state index contributed by atoms with van der Waals surface area (Å²) in [4.78, 5) is 0. The summed E-state index contributed by atoms with van der Waals surface area (Å²) in [5, 5.41) is 0. The smallest absolute Gasteiger partial charge is 0.0650 e. The van der Waals surface area contributed by atoms with E-state index in [0.29, 0.717) is 11.8 Å². The summed E-state index contributed by atoms with van der Waals surface area (Å²) in [6.07, 6.45) is 0. The highest BCUT2D eigenvalue weighted by Gasteiger charge is 2.27. The van der Waals surface area contributed by atoms with Crippen LogP contribution in [0.4, 0.5) is 0 Å². The zero-order valence-electron chi connectivity index (χ0n) is 8.06. The maximum atomic E-state index is 5.36. The molecule has 0 amide bonds. The Morgan fingerprint density at radius 1 is 1.10 bits per heavy atom. The third-order valence-electron chi connectivity index (χ3n) is 2.62. The van der Waals surface area contributed by atoms with Crippen LogP contribution in [0.1, 0.15) is 34.6 Å². The Kier molecular flexibility index (Phi) is 3.37. The molecule has 10 heavy (non-hydrogen) atoms. The molecule has 0 N–H and O–H groups in total. The zero-order valence-corrected chi connectivity index (χ0v) is 8.06. The predicted molar refractivity (Wildman–Crippen MR) is 45.1 cm³/mol. The summed E-state index contributed by atoms with van der Waals surface area (Å²) in [5.74, 6) is 1.30. The van der Waals surface area contributed by atoms with Gasteiger partial charge in [-0.05, 0) is 25.7 Å². The molecule has 0 fully saturated rings. The fraction of sp³-hybridized carbons (Fsp3) is 1.00. The van der Waals surface area contributed by atoms with E-state index in [1.165, 1.54) is 0 Å². The van der Waals surface area contributed by atoms with Gasteiger partial charge in [0.05, 0.1) is 5.60 Å². The van der Waals surface area contributed by atoms with Gasteiger partial charge in [0.1, 0.15) is 0 Å². The lowest BCUT2D eigenvalue weighted by Crippen LogP contribution is -2.34. The first kappa shape index (κ1) is 9.96. The van der Waals surface area contributed by atoms with Gasteiger partial charge in [0.15, 0.2) is 0 Å². The minimum absolute atomic E-state index is 0.0220. The first-order valence-corrected chi connectivity index (χ1v) is 3.97. The second kappa shape index (κ2) is 3.38. The molecule has 1 unspecified atom stereocenters. The molecular weight excluding hydrogens is 124 g/mol. The van der Waals surface area contributed by atoms with Gasteiger partial charge in [-0.15, -0.1) is 0 Å². The van der Waals surface area contributed by atoms with E-state index in [-0.39, 0.29) is 5.60 Å². The van der Waals surface area contributed by atoms with Gasteiger partial charge in [-0.25, -0.2) is 0 Å². The minimum Gasteiger partial charge on any atom is -0.379 e. The molecule has 0 aliphatic carbocycles. The van der Waals surface area contributed by atoms with Crippen molar-refractivity contribution in [1.82, 2.24) is 0 Å². The zero-order chi connectivity index (χ0) is 8.36. The van der Waals surface area contributed by atoms with Crippen molar-refractivity contribution in [3.05, 3.63) is 0 Å². The summed E-state index contributed by atoms with van der Waals surface area (Å²) >= 11 is 0. The molecule has 0 aromatic carbocycles. The fourth-order valence-corrected chi connectivity index (χ4v) is 0.989. The van der Waals surface area contributed by atoms with Crippen molar-refractivity contribution >= 4 is 0 Å². The molecule has 1 atom stereocenters. The van der Waals surface area contributed by atoms with Crippen LogP contribution in [0.5, 0.6) is 0 Å². The molecule has 0 radical (unpaired) electrons. The van der Waals surface area contributed by atoms with E-state index in [1.807, 2.05) is 0 Å². The lowest BCUT2D eigenvalue weighted by molar-refractivity contribution is -0.0367. The maximum absolute atomic E-state index is 5.36. The largest absolute Gasteiger partial charge is 0.379 e. The van der Waals surface area contributed by atoms with Crippen LogP contribution >= 0.6 is 0 Å². The molecule has 1 heteroatoms. The second-order valence-corrected chi connectivity index (χ2v) is 3.84. The van der Waals surface area contributed by atoms with Gasteiger partial charge in [0.2, 0.25) is 0 Å². The van der Waals surface area contributed by atoms with Crippen LogP contribution in [0.25, 0.3) is 0 Å². The Bertz CT molecular complexity index is 94.9. The van der Waals surface area contributed by atoms with E-state index in [2.05, 4.69) is 34.6 Å². The van der Waals surface area contributed by atoms with Gasteiger partial charge in [0, 0.05) is 7.11 Å². The monoisotopic (exact) mass is 144 g/mol. The van der Waals surface area contributed by atoms with Gasteiger partial charge in [0.25, 0.3) is 0 Å². The molecule has 0 rings (SSSR count). The minimum atomic E-state index is 0.0220. The normalized spacial score (nSPS) is 15.9. The highest BCUT2D eigenvalue weighted by atomic mass is 16.5. The van der Waals surface area contributed by atoms with Crippen LogP contribution in [0, 0.1) is 11.8 Å². The van der Waals surface area contributed by atoms with E-state index >= 15 is 0 Å². The number of hydrogen-bond acceptors (Lipinski definition) is 1. The van der Waals surface area contributed by atoms with E-state index in [1.54, 1.807) is 7.11 Å². The summed E-state index contributed by atoms with van der Waals surface area (Å²) < 4.78 is 5.36. The molecular formula is C9H20O. The molecule has 0 aliphatic rings. The van der Waals surface area contributed by atoms with Crippen molar-refractivity contribution in [2.24, 2.45) is 11.8 Å². The van der Waals surface area contributed by atoms with E-state index in [0.717, 1.165) is 0 Å². The fourth-order valence-electron chi connectivity index (χ4n) is 0.989. The summed E-state index contributed by atoms with van der Waals surface area (Å²) in [7, 11) is 1.78. The lowest BCUT2D eigenvalue weighted by Gasteiger charge is -2.33. The molecule has 0 aromatic rings. The molecule has 0 saturated heterocycles. The van der Waals surface area contributed by atoms with Crippen LogP contribution in [0.3, 0.4) is 0 Å². The SMILES string of the molecule is COC(C)(C)C(C)C(C)C. The molecule has 0 spiro atoms. The van der Waals surface area contributed by atoms with Crippen molar-refractivity contribution in [3.8, 4) is 0 Å². The maximum Gasteiger partial charge on any atom is 0.0650 e. The topological polar surface area (TPSA) is 9.23 Å². The van der Waals surface area contributed by atoms with E-state index in [4.69, 9.17) is 4.74 Å². The number of methoxy groups -OCH3 is 1. The van der Waals surface area contributed by atoms with Crippen molar-refractivity contribution < 1.29 is 4.74 Å². The van der Waals surface area contributed by atoms with E-state index < -0.39 is 0 Å². The predicted octanol–water partition coefficient (Wildman–Crippen LogP) is 2.70. The molecule has 0 heterocycles. The molecule has 62 valence electrons. The Labute approximate surface area is 64.8 Å². The van der Waals surface area contributed by atoms with Crippen LogP contribution in [0.2, 0.25) is 0 Å². The highest BCUT2D eigenvalue weighted by Crippen LogP contribution is 2.26. The van der Waals surface area contributed by atoms with Crippen molar-refractivity contribution in [3.63, 3.8) is 0 Å². The van der Waals surface area contributed by atoms with Crippen LogP contribution in [-0.4, -0.2) is 12.7 Å². The molecule has 1 nitrogen and oxygen atoms in total. The van der Waals surface area contributed by atoms with Crippen LogP contribution in [0.15, 0.2) is 0 Å². The Morgan fingerprint density at radius 3 is 1.60 bits per heavy atom. The standard InChI is InChI=1S/C9H20O/c1-7(2)8(3)9(4,5)10-6/h7-8H,1-6H3. The van der Waals surface area contributed by atoms with Gasteiger partial charge in [-0.1, -0.05) is 20.8 Å². The number of hydrogen-bond donors (Lipinski definition) is 0. The third-order valence-corrected chi connectivity index (χ3v) is 2.62. The second-order valence-electron chi connectivity index (χ2n) is 3.84. The lowest BCUT2D eigenvalue weighted by atomic mass is 9.84. The average molecular weight is 144 g/mol. The quantitative estimate of drug-likeness (QED) is 0.591. The van der Waals surface area contributed by atoms with Crippen molar-refractivity contribution in [1.29, 1.82) is 0 Å². The van der Waals surface area contributed by atoms with Crippen LogP contribution in [-0.2, 0) is 4.74 Å².